The molecule has 0 amide bonds. The van der Waals surface area contributed by atoms with Crippen LogP contribution in [0.3, 0.4) is 0 Å². The largest absolute Gasteiger partial charge is 0.0625 e. The van der Waals surface area contributed by atoms with E-state index in [1.807, 2.05) is 0 Å². The van der Waals surface area contributed by atoms with Gasteiger partial charge < -0.3 is 0 Å². The summed E-state index contributed by atoms with van der Waals surface area (Å²) in [5, 5.41) is 21.4. The predicted molar refractivity (Wildman–Crippen MR) is 528 cm³/mol. The average molecular weight is 1560 g/mol. The van der Waals surface area contributed by atoms with Crippen molar-refractivity contribution in [2.75, 3.05) is 0 Å². The predicted octanol–water partition coefficient (Wildman–Crippen LogP) is 34.7. The van der Waals surface area contributed by atoms with Gasteiger partial charge in [0.05, 0.1) is 0 Å². The first-order chi connectivity index (χ1) is 57.6. The van der Waals surface area contributed by atoms with Crippen LogP contribution in [0.25, 0.3) is 120 Å². The molecule has 1 saturated carbocycles. The number of hydrogen-bond donors (Lipinski definition) is 0. The number of benzene rings is 18. The zero-order valence-corrected chi connectivity index (χ0v) is 74.5. The molecular formula is C120H122. The number of fused-ring (bicyclic) bond motifs is 21. The molecule has 0 spiro atoms. The van der Waals surface area contributed by atoms with E-state index in [2.05, 4.69) is 470 Å². The van der Waals surface area contributed by atoms with E-state index in [0.29, 0.717) is 5.41 Å². The topological polar surface area (TPSA) is 0 Å². The van der Waals surface area contributed by atoms with Gasteiger partial charge in [-0.15, -0.1) is 0 Å². The van der Waals surface area contributed by atoms with Gasteiger partial charge in [0.1, 0.15) is 0 Å². The summed E-state index contributed by atoms with van der Waals surface area (Å²) in [4.78, 5) is 0. The molecular weight excluding hydrogens is 1440 g/mol. The summed E-state index contributed by atoms with van der Waals surface area (Å²) in [5.41, 5.74) is 27.6. The SMILES string of the molecule is CC(C)(C)C.CC1CCCCC1.Cc1cc2ccccc2c2ccccc12.Cc1ccc2c(c1)-c1ccccc1C2(C)C.Cc1ccc2c(c1)C(C)(C)c1ccccc1-2.Cc1ccc2c(ccc3ccccc32)c1.Cc1ccc2ccc3ccccc3c2c1.Cc1cccc2c1-c1ccccc1C2(C)C.Cc1cccc2c1ccc1ccccc12. The maximum atomic E-state index is 2.36. The van der Waals surface area contributed by atoms with Crippen LogP contribution in [-0.4, -0.2) is 0 Å². The van der Waals surface area contributed by atoms with Crippen molar-refractivity contribution in [3.05, 3.63) is 418 Å². The highest BCUT2D eigenvalue weighted by Crippen LogP contribution is 2.52. The Labute approximate surface area is 717 Å². The molecule has 602 valence electrons. The molecule has 0 N–H and O–H groups in total. The third-order valence-electron chi connectivity index (χ3n) is 25.0. The van der Waals surface area contributed by atoms with Gasteiger partial charge in [-0.1, -0.05) is 476 Å². The van der Waals surface area contributed by atoms with E-state index in [9.17, 15) is 0 Å². The highest BCUT2D eigenvalue weighted by atomic mass is 14.4. The van der Waals surface area contributed by atoms with E-state index in [1.54, 1.807) is 0 Å². The molecule has 4 aliphatic rings. The molecule has 0 nitrogen and oxygen atoms in total. The minimum atomic E-state index is 0.151. The van der Waals surface area contributed by atoms with Crippen molar-refractivity contribution in [2.45, 2.75) is 173 Å². The molecule has 120 heavy (non-hydrogen) atoms. The molecule has 18 aromatic rings. The second-order valence-corrected chi connectivity index (χ2v) is 37.3. The first-order valence-corrected chi connectivity index (χ1v) is 43.8. The molecule has 0 saturated heterocycles. The molecule has 0 heteroatoms. The fraction of sp³-hybridized carbons (Fsp3) is 0.233. The summed E-state index contributed by atoms with van der Waals surface area (Å²) in [7, 11) is 0. The fourth-order valence-electron chi connectivity index (χ4n) is 18.6. The first-order valence-electron chi connectivity index (χ1n) is 43.8. The lowest BCUT2D eigenvalue weighted by Crippen LogP contribution is -2.14. The van der Waals surface area contributed by atoms with E-state index < -0.39 is 0 Å². The molecule has 0 bridgehead atoms. The normalized spacial score (nSPS) is 13.8. The van der Waals surface area contributed by atoms with Gasteiger partial charge >= 0.3 is 0 Å². The van der Waals surface area contributed by atoms with Gasteiger partial charge in [-0.05, 0) is 229 Å². The van der Waals surface area contributed by atoms with E-state index in [1.165, 1.54) is 224 Å². The molecule has 0 aliphatic heterocycles. The van der Waals surface area contributed by atoms with Crippen LogP contribution in [0.4, 0.5) is 0 Å². The van der Waals surface area contributed by atoms with Crippen LogP contribution in [0.1, 0.15) is 181 Å². The number of rotatable bonds is 0. The van der Waals surface area contributed by atoms with Crippen LogP contribution in [0, 0.1) is 59.8 Å². The zero-order valence-electron chi connectivity index (χ0n) is 74.5. The lowest BCUT2D eigenvalue weighted by atomic mass is 9.82. The summed E-state index contributed by atoms with van der Waals surface area (Å²) < 4.78 is 0. The van der Waals surface area contributed by atoms with Crippen molar-refractivity contribution < 1.29 is 0 Å². The number of hydrogen-bond acceptors (Lipinski definition) is 0. The maximum absolute atomic E-state index is 2.36. The van der Waals surface area contributed by atoms with Gasteiger partial charge in [-0.25, -0.2) is 0 Å². The number of aryl methyl sites for hydroxylation is 7. The van der Waals surface area contributed by atoms with Crippen LogP contribution in [0.5, 0.6) is 0 Å². The van der Waals surface area contributed by atoms with E-state index in [4.69, 9.17) is 0 Å². The molecule has 1 fully saturated rings. The Kier molecular flexibility index (Phi) is 25.6. The van der Waals surface area contributed by atoms with Crippen molar-refractivity contribution in [2.24, 2.45) is 11.3 Å². The van der Waals surface area contributed by atoms with Gasteiger partial charge in [0, 0.05) is 16.2 Å². The minimum absolute atomic E-state index is 0.151. The van der Waals surface area contributed by atoms with Crippen molar-refractivity contribution in [3.8, 4) is 33.4 Å². The monoisotopic (exact) mass is 1560 g/mol. The highest BCUT2D eigenvalue weighted by Gasteiger charge is 2.37. The molecule has 0 aromatic heterocycles. The molecule has 18 aromatic carbocycles. The van der Waals surface area contributed by atoms with Crippen molar-refractivity contribution in [1.82, 2.24) is 0 Å². The van der Waals surface area contributed by atoms with E-state index in [0.717, 1.165) is 5.92 Å². The minimum Gasteiger partial charge on any atom is -0.0625 e. The van der Waals surface area contributed by atoms with Crippen molar-refractivity contribution in [1.29, 1.82) is 0 Å². The molecule has 0 heterocycles. The standard InChI is InChI=1S/3C16H16.4C15H12.C7H14.C5H12/c1-11-7-6-10-14-15(11)12-8-4-5-9-13(12)16(14,2)3;1-11-8-9-15-13(10-11)12-6-4-5-7-14(12)16(15,2)3;1-11-8-9-13-12-6-4-5-7-14(12)16(2,3)15(13)10-11;1-11-10-12-6-2-3-8-14(12)15-9-5-4-7-13(11)15;1-11-5-4-8-15-13(11)10-9-12-6-2-3-7-14(12)15;1-11-6-9-15-13(10-11)8-7-12-4-2-3-5-14(12)15;1-11-6-7-13-9-8-12-4-2-3-5-14(12)15(13)10-11;1-7-5-3-2-4-6-7;1-5(2,3)4/h3*4-10H,1-3H3;4*2-10H,1H3;7H,2-6H2,1H3;1-4H3. The average Bonchev–Trinajstić information content (AvgIpc) is 1.58. The zero-order chi connectivity index (χ0) is 84.6. The third kappa shape index (κ3) is 18.6. The second kappa shape index (κ2) is 36.3. The highest BCUT2D eigenvalue weighted by molar-refractivity contribution is 6.11. The Morgan fingerprint density at radius 1 is 0.217 bits per heavy atom. The van der Waals surface area contributed by atoms with Crippen LogP contribution in [0.2, 0.25) is 0 Å². The van der Waals surface area contributed by atoms with E-state index in [-0.39, 0.29) is 16.2 Å². The molecule has 0 atom stereocenters. The third-order valence-corrected chi connectivity index (χ3v) is 25.0. The Hall–Kier alpha value is -12.0. The molecule has 4 aliphatic carbocycles. The van der Waals surface area contributed by atoms with Crippen molar-refractivity contribution >= 4 is 86.2 Å². The Balaban J connectivity index is 0.000000112. The molecule has 22 rings (SSSR count). The second-order valence-electron chi connectivity index (χ2n) is 37.3. The van der Waals surface area contributed by atoms with Crippen LogP contribution < -0.4 is 0 Å². The first kappa shape index (κ1) is 84.5. The van der Waals surface area contributed by atoms with Crippen molar-refractivity contribution in [3.63, 3.8) is 0 Å². The lowest BCUT2D eigenvalue weighted by molar-refractivity contribution is 0.385. The summed E-state index contributed by atoms with van der Waals surface area (Å²) in [6.45, 7) is 40.1. The Morgan fingerprint density at radius 2 is 0.542 bits per heavy atom. The fourth-order valence-corrected chi connectivity index (χ4v) is 18.6. The van der Waals surface area contributed by atoms with Crippen LogP contribution in [-0.2, 0) is 16.2 Å². The van der Waals surface area contributed by atoms with Gasteiger partial charge in [0.15, 0.2) is 0 Å². The summed E-state index contributed by atoms with van der Waals surface area (Å²) >= 11 is 0. The smallest absolute Gasteiger partial charge is 0.0158 e. The quantitative estimate of drug-likeness (QED) is 0.133. The summed E-state index contributed by atoms with van der Waals surface area (Å²) in [6.07, 6.45) is 7.44. The Morgan fingerprint density at radius 3 is 1.13 bits per heavy atom. The molecule has 0 radical (unpaired) electrons. The Bertz CT molecular complexity index is 6610. The van der Waals surface area contributed by atoms with Crippen LogP contribution in [0.15, 0.2) is 346 Å². The lowest BCUT2D eigenvalue weighted by Gasteiger charge is -2.21. The van der Waals surface area contributed by atoms with Gasteiger partial charge in [-0.3, -0.25) is 0 Å². The van der Waals surface area contributed by atoms with Gasteiger partial charge in [0.25, 0.3) is 0 Å². The van der Waals surface area contributed by atoms with Gasteiger partial charge in [0.2, 0.25) is 0 Å². The maximum Gasteiger partial charge on any atom is 0.0158 e. The van der Waals surface area contributed by atoms with Crippen LogP contribution >= 0.6 is 0 Å². The van der Waals surface area contributed by atoms with Gasteiger partial charge in [-0.2, -0.15) is 0 Å². The summed E-state index contributed by atoms with van der Waals surface area (Å²) in [5.74, 6) is 1.04. The van der Waals surface area contributed by atoms with E-state index >= 15 is 0 Å². The molecule has 0 unspecified atom stereocenters. The summed E-state index contributed by atoms with van der Waals surface area (Å²) in [6, 6.07) is 125.